The van der Waals surface area contributed by atoms with Crippen LogP contribution in [-0.2, 0) is 0 Å². The first-order valence-electron chi connectivity index (χ1n) is 7.05. The average Bonchev–Trinajstić information content (AvgIpc) is 3.04. The summed E-state index contributed by atoms with van der Waals surface area (Å²) in [4.78, 5) is 20.5. The van der Waals surface area contributed by atoms with Crippen molar-refractivity contribution in [2.75, 3.05) is 13.1 Å². The molecule has 6 heteroatoms. The number of rotatable bonds is 4. The number of nitrogens with zero attached hydrogens (tertiary/aromatic N) is 2. The molecule has 1 N–H and O–H groups in total. The van der Waals surface area contributed by atoms with E-state index in [2.05, 4.69) is 4.98 Å². The number of hydrogen-bond acceptors (Lipinski definition) is 5. The molecule has 0 bridgehead atoms. The van der Waals surface area contributed by atoms with Gasteiger partial charge in [0.2, 0.25) is 0 Å². The Bertz CT molecular complexity index is 643. The number of hydrogen-bond donors (Lipinski definition) is 1. The lowest BCUT2D eigenvalue weighted by Crippen LogP contribution is -2.63. The second kappa shape index (κ2) is 5.51. The van der Waals surface area contributed by atoms with Gasteiger partial charge in [0.25, 0.3) is 5.91 Å². The maximum atomic E-state index is 12.5. The van der Waals surface area contributed by atoms with Crippen molar-refractivity contribution >= 4 is 28.6 Å². The lowest BCUT2D eigenvalue weighted by Gasteiger charge is -2.46. The second-order valence-corrected chi connectivity index (χ2v) is 7.49. The molecule has 1 amide bonds. The van der Waals surface area contributed by atoms with E-state index < -0.39 is 5.60 Å². The van der Waals surface area contributed by atoms with E-state index in [4.69, 9.17) is 0 Å². The van der Waals surface area contributed by atoms with Gasteiger partial charge in [0, 0.05) is 0 Å². The van der Waals surface area contributed by atoms with Crippen LogP contribution in [0.1, 0.15) is 35.1 Å². The molecule has 2 aromatic heterocycles. The topological polar surface area (TPSA) is 53.4 Å². The van der Waals surface area contributed by atoms with Crippen LogP contribution >= 0.6 is 22.7 Å². The minimum atomic E-state index is -0.681. The predicted molar refractivity (Wildman–Crippen MR) is 85.9 cm³/mol. The molecule has 0 radical (unpaired) electrons. The van der Waals surface area contributed by atoms with Crippen LogP contribution in [-0.4, -0.2) is 39.6 Å². The van der Waals surface area contributed by atoms with Gasteiger partial charge in [0.1, 0.15) is 9.88 Å². The molecule has 1 aliphatic heterocycles. The zero-order valence-corrected chi connectivity index (χ0v) is 13.8. The third-order valence-corrected chi connectivity index (χ3v) is 5.88. The quantitative estimate of drug-likeness (QED) is 0.940. The van der Waals surface area contributed by atoms with Crippen LogP contribution in [0.2, 0.25) is 0 Å². The smallest absolute Gasteiger partial charge is 0.266 e. The van der Waals surface area contributed by atoms with E-state index in [0.29, 0.717) is 18.0 Å². The number of amides is 1. The third-order valence-electron chi connectivity index (χ3n) is 3.70. The second-order valence-electron chi connectivity index (χ2n) is 5.55. The molecule has 0 spiro atoms. The van der Waals surface area contributed by atoms with E-state index in [1.54, 1.807) is 16.2 Å². The number of thiazole rings is 1. The Kier molecular flexibility index (Phi) is 3.86. The SMILES string of the molecule is CCCC1(O)CN(C(=O)c2sc(-c3cccs3)nc2C)C1. The normalized spacial score (nSPS) is 16.8. The van der Waals surface area contributed by atoms with Crippen molar-refractivity contribution in [2.45, 2.75) is 32.3 Å². The van der Waals surface area contributed by atoms with Crippen LogP contribution < -0.4 is 0 Å². The maximum absolute atomic E-state index is 12.5. The van der Waals surface area contributed by atoms with Crippen LogP contribution in [0.5, 0.6) is 0 Å². The highest BCUT2D eigenvalue weighted by Gasteiger charge is 2.43. The molecule has 1 aliphatic rings. The summed E-state index contributed by atoms with van der Waals surface area (Å²) >= 11 is 3.07. The van der Waals surface area contributed by atoms with Crippen molar-refractivity contribution in [2.24, 2.45) is 0 Å². The fourth-order valence-electron chi connectivity index (χ4n) is 2.68. The fourth-order valence-corrected chi connectivity index (χ4v) is 4.51. The van der Waals surface area contributed by atoms with Gasteiger partial charge in [-0.25, -0.2) is 4.98 Å². The molecule has 0 aliphatic carbocycles. The van der Waals surface area contributed by atoms with Gasteiger partial charge in [-0.3, -0.25) is 4.79 Å². The first-order valence-corrected chi connectivity index (χ1v) is 8.75. The van der Waals surface area contributed by atoms with Gasteiger partial charge in [-0.1, -0.05) is 19.4 Å². The predicted octanol–water partition coefficient (Wildman–Crippen LogP) is 3.17. The number of aliphatic hydroxyl groups is 1. The summed E-state index contributed by atoms with van der Waals surface area (Å²) in [6.07, 6.45) is 1.68. The number of likely N-dealkylation sites (tertiary alicyclic amines) is 1. The van der Waals surface area contributed by atoms with E-state index in [9.17, 15) is 9.90 Å². The van der Waals surface area contributed by atoms with Crippen LogP contribution in [0.25, 0.3) is 9.88 Å². The highest BCUT2D eigenvalue weighted by molar-refractivity contribution is 7.22. The van der Waals surface area contributed by atoms with Crippen LogP contribution in [0.3, 0.4) is 0 Å². The van der Waals surface area contributed by atoms with Crippen molar-refractivity contribution in [1.82, 2.24) is 9.88 Å². The summed E-state index contributed by atoms with van der Waals surface area (Å²) < 4.78 is 0. The molecule has 112 valence electrons. The minimum absolute atomic E-state index is 0.00594. The van der Waals surface area contributed by atoms with Gasteiger partial charge in [-0.05, 0) is 24.8 Å². The molecule has 3 heterocycles. The summed E-state index contributed by atoms with van der Waals surface area (Å²) in [7, 11) is 0. The summed E-state index contributed by atoms with van der Waals surface area (Å²) in [6.45, 7) is 4.79. The molecular weight excluding hydrogens is 304 g/mol. The number of thiophene rings is 1. The fraction of sp³-hybridized carbons (Fsp3) is 0.467. The third kappa shape index (κ3) is 2.75. The zero-order valence-electron chi connectivity index (χ0n) is 12.1. The van der Waals surface area contributed by atoms with Crippen molar-refractivity contribution in [1.29, 1.82) is 0 Å². The van der Waals surface area contributed by atoms with Crippen LogP contribution in [0, 0.1) is 6.92 Å². The van der Waals surface area contributed by atoms with Crippen LogP contribution in [0.15, 0.2) is 17.5 Å². The molecule has 1 fully saturated rings. The number of aromatic nitrogens is 1. The lowest BCUT2D eigenvalue weighted by molar-refractivity contribution is -0.0858. The molecule has 0 aromatic carbocycles. The molecule has 1 saturated heterocycles. The first kappa shape index (κ1) is 14.7. The molecule has 0 saturated carbocycles. The van der Waals surface area contributed by atoms with E-state index in [1.165, 1.54) is 11.3 Å². The number of aryl methyl sites for hydroxylation is 1. The van der Waals surface area contributed by atoms with E-state index >= 15 is 0 Å². The van der Waals surface area contributed by atoms with Gasteiger partial charge in [-0.15, -0.1) is 22.7 Å². The van der Waals surface area contributed by atoms with Crippen molar-refractivity contribution < 1.29 is 9.90 Å². The van der Waals surface area contributed by atoms with Gasteiger partial charge < -0.3 is 10.0 Å². The maximum Gasteiger partial charge on any atom is 0.266 e. The summed E-state index contributed by atoms with van der Waals surface area (Å²) in [6, 6.07) is 4.00. The molecule has 3 rings (SSSR count). The lowest BCUT2D eigenvalue weighted by atomic mass is 9.89. The van der Waals surface area contributed by atoms with E-state index in [1.807, 2.05) is 31.4 Å². The van der Waals surface area contributed by atoms with Crippen molar-refractivity contribution in [3.05, 3.63) is 28.1 Å². The zero-order chi connectivity index (χ0) is 15.0. The largest absolute Gasteiger partial charge is 0.386 e. The molecule has 2 aromatic rings. The molecule has 21 heavy (non-hydrogen) atoms. The Hall–Kier alpha value is -1.24. The Morgan fingerprint density at radius 1 is 1.52 bits per heavy atom. The van der Waals surface area contributed by atoms with Gasteiger partial charge in [-0.2, -0.15) is 0 Å². The highest BCUT2D eigenvalue weighted by Crippen LogP contribution is 2.34. The summed E-state index contributed by atoms with van der Waals surface area (Å²) in [5.41, 5.74) is 0.0962. The monoisotopic (exact) mass is 322 g/mol. The van der Waals surface area contributed by atoms with Crippen molar-refractivity contribution in [3.8, 4) is 9.88 Å². The first-order chi connectivity index (χ1) is 10.0. The Labute approximate surface area is 132 Å². The Balaban J connectivity index is 1.75. The summed E-state index contributed by atoms with van der Waals surface area (Å²) in [5.74, 6) is -0.00594. The molecule has 4 nitrogen and oxygen atoms in total. The van der Waals surface area contributed by atoms with Crippen molar-refractivity contribution in [3.63, 3.8) is 0 Å². The summed E-state index contributed by atoms with van der Waals surface area (Å²) in [5, 5.41) is 13.1. The van der Waals surface area contributed by atoms with E-state index in [-0.39, 0.29) is 5.91 Å². The number of carbonyl (C=O) groups is 1. The number of β-amino-alcohol motifs (C(OH)–C–C–N with tert-alkyl or cyclic N) is 1. The van der Waals surface area contributed by atoms with Gasteiger partial charge >= 0.3 is 0 Å². The van der Waals surface area contributed by atoms with Gasteiger partial charge in [0.15, 0.2) is 0 Å². The molecule has 0 unspecified atom stereocenters. The highest BCUT2D eigenvalue weighted by atomic mass is 32.1. The van der Waals surface area contributed by atoms with Crippen LogP contribution in [0.4, 0.5) is 0 Å². The molecule has 0 atom stereocenters. The number of carbonyl (C=O) groups excluding carboxylic acids is 1. The molecular formula is C15H18N2O2S2. The Morgan fingerprint density at radius 3 is 2.90 bits per heavy atom. The minimum Gasteiger partial charge on any atom is -0.386 e. The Morgan fingerprint density at radius 2 is 2.29 bits per heavy atom. The average molecular weight is 322 g/mol. The standard InChI is InChI=1S/C15H18N2O2S2/c1-3-6-15(19)8-17(9-15)14(18)12-10(2)16-13(21-12)11-5-4-7-20-11/h4-5,7,19H,3,6,8-9H2,1-2H3. The van der Waals surface area contributed by atoms with Gasteiger partial charge in [0.05, 0.1) is 29.3 Å². The van der Waals surface area contributed by atoms with E-state index in [0.717, 1.165) is 28.4 Å².